The number of nitrogens with zero attached hydrogens (tertiary/aromatic N) is 4. The van der Waals surface area contributed by atoms with E-state index in [-0.39, 0.29) is 11.6 Å². The van der Waals surface area contributed by atoms with Crippen molar-refractivity contribution in [3.63, 3.8) is 0 Å². The van der Waals surface area contributed by atoms with Crippen molar-refractivity contribution in [1.82, 2.24) is 24.7 Å². The second-order valence-electron chi connectivity index (χ2n) is 5.27. The Hall–Kier alpha value is -2.61. The molecule has 1 aliphatic heterocycles. The Morgan fingerprint density at radius 1 is 1.36 bits per heavy atom. The summed E-state index contributed by atoms with van der Waals surface area (Å²) in [5.41, 5.74) is 3.12. The van der Waals surface area contributed by atoms with E-state index in [0.29, 0.717) is 25.3 Å². The van der Waals surface area contributed by atoms with Crippen molar-refractivity contribution in [3.8, 4) is 0 Å². The molecule has 1 aliphatic rings. The Balaban J connectivity index is 1.85. The third-order valence-corrected chi connectivity index (χ3v) is 3.80. The average Bonchev–Trinajstić information content (AvgIpc) is 3.06. The van der Waals surface area contributed by atoms with Crippen molar-refractivity contribution in [2.75, 3.05) is 6.54 Å². The van der Waals surface area contributed by atoms with Crippen LogP contribution in [0.15, 0.2) is 24.4 Å². The number of carbonyl (C=O) groups excluding carboxylic acids is 2. The highest BCUT2D eigenvalue weighted by atomic mass is 16.5. The molecule has 3 rings (SSSR count). The summed E-state index contributed by atoms with van der Waals surface area (Å²) in [7, 11) is 1.83. The van der Waals surface area contributed by atoms with Gasteiger partial charge in [0.05, 0.1) is 12.2 Å². The van der Waals surface area contributed by atoms with Crippen molar-refractivity contribution in [2.45, 2.75) is 19.5 Å². The number of rotatable bonds is 2. The number of amides is 2. The van der Waals surface area contributed by atoms with Gasteiger partial charge in [0.15, 0.2) is 5.69 Å². The van der Waals surface area contributed by atoms with Gasteiger partial charge in [0, 0.05) is 26.3 Å². The summed E-state index contributed by atoms with van der Waals surface area (Å²) in [4.78, 5) is 25.8. The van der Waals surface area contributed by atoms with Gasteiger partial charge in [-0.2, -0.15) is 5.10 Å². The van der Waals surface area contributed by atoms with Crippen LogP contribution in [0.25, 0.3) is 0 Å². The zero-order chi connectivity index (χ0) is 15.7. The molecule has 0 saturated heterocycles. The minimum absolute atomic E-state index is 0.0460. The van der Waals surface area contributed by atoms with E-state index >= 15 is 0 Å². The zero-order valence-electron chi connectivity index (χ0n) is 12.2. The summed E-state index contributed by atoms with van der Waals surface area (Å²) in [5, 5.41) is 12.8. The molecule has 0 saturated carbocycles. The van der Waals surface area contributed by atoms with Crippen molar-refractivity contribution in [3.05, 3.63) is 41.5 Å². The number of carbonyl (C=O) groups is 2. The first kappa shape index (κ1) is 14.3. The first-order valence-electron chi connectivity index (χ1n) is 7.02. The van der Waals surface area contributed by atoms with Gasteiger partial charge in [-0.05, 0) is 24.6 Å². The Kier molecular flexibility index (Phi) is 3.68. The Morgan fingerprint density at radius 3 is 2.86 bits per heavy atom. The average molecular weight is 303 g/mol. The minimum atomic E-state index is -0.652. The summed E-state index contributed by atoms with van der Waals surface area (Å²) < 4.78 is 3.50. The fraction of sp³-hybridized carbons (Fsp3) is 0.357. The zero-order valence-corrected chi connectivity index (χ0v) is 12.2. The molecule has 0 atom stereocenters. The highest BCUT2D eigenvalue weighted by Gasteiger charge is 2.24. The molecule has 0 aromatic carbocycles. The number of aryl methyl sites for hydroxylation is 2. The lowest BCUT2D eigenvalue weighted by Gasteiger charge is -2.20. The molecule has 0 bridgehead atoms. The van der Waals surface area contributed by atoms with E-state index in [1.165, 1.54) is 0 Å². The number of nitrogens with one attached hydrogen (secondary N) is 1. The highest BCUT2D eigenvalue weighted by Crippen LogP contribution is 2.16. The van der Waals surface area contributed by atoms with Crippen LogP contribution >= 0.6 is 0 Å². The second-order valence-corrected chi connectivity index (χ2v) is 5.27. The van der Waals surface area contributed by atoms with Gasteiger partial charge in [0.1, 0.15) is 5.69 Å². The number of aromatic nitrogens is 3. The van der Waals surface area contributed by atoms with Gasteiger partial charge >= 0.3 is 0 Å². The number of fused-ring (bicyclic) bond motifs is 1. The lowest BCUT2D eigenvalue weighted by atomic mass is 10.3. The van der Waals surface area contributed by atoms with Gasteiger partial charge in [-0.15, -0.1) is 0 Å². The topological polar surface area (TPSA) is 92.4 Å². The SMILES string of the molecule is Cn1cccc1C(=O)N1CCCn2nc(C(=O)NO)cc2C1. The predicted molar refractivity (Wildman–Crippen MR) is 76.3 cm³/mol. The van der Waals surface area contributed by atoms with Crippen LogP contribution in [0.3, 0.4) is 0 Å². The molecule has 0 fully saturated rings. The quantitative estimate of drug-likeness (QED) is 0.620. The van der Waals surface area contributed by atoms with Gasteiger partial charge in [-0.1, -0.05) is 0 Å². The molecule has 2 aromatic rings. The smallest absolute Gasteiger partial charge is 0.295 e. The monoisotopic (exact) mass is 303 g/mol. The summed E-state index contributed by atoms with van der Waals surface area (Å²) in [6.07, 6.45) is 2.59. The van der Waals surface area contributed by atoms with Crippen LogP contribution in [-0.4, -0.2) is 42.8 Å². The number of hydroxylamine groups is 1. The molecular weight excluding hydrogens is 286 g/mol. The second kappa shape index (κ2) is 5.64. The maximum atomic E-state index is 12.6. The van der Waals surface area contributed by atoms with Gasteiger partial charge in [-0.3, -0.25) is 19.5 Å². The Morgan fingerprint density at radius 2 is 2.18 bits per heavy atom. The normalized spacial score (nSPS) is 14.4. The first-order chi connectivity index (χ1) is 10.6. The van der Waals surface area contributed by atoms with E-state index in [1.54, 1.807) is 31.8 Å². The van der Waals surface area contributed by atoms with E-state index in [9.17, 15) is 9.59 Å². The molecule has 0 spiro atoms. The summed E-state index contributed by atoms with van der Waals surface area (Å²) in [6.45, 7) is 1.65. The fourth-order valence-corrected chi connectivity index (χ4v) is 2.65. The predicted octanol–water partition coefficient (Wildman–Crippen LogP) is 0.387. The lowest BCUT2D eigenvalue weighted by Crippen LogP contribution is -2.32. The molecule has 8 nitrogen and oxygen atoms in total. The van der Waals surface area contributed by atoms with E-state index in [1.807, 2.05) is 19.3 Å². The standard InChI is InChI=1S/C14H17N5O3/c1-17-5-2-4-12(17)14(21)18-6-3-7-19-10(9-18)8-11(15-19)13(20)16-22/h2,4-5,8,22H,3,6-7,9H2,1H3,(H,16,20). The fourth-order valence-electron chi connectivity index (χ4n) is 2.65. The molecule has 2 aromatic heterocycles. The molecule has 0 unspecified atom stereocenters. The van der Waals surface area contributed by atoms with Crippen LogP contribution < -0.4 is 5.48 Å². The largest absolute Gasteiger partial charge is 0.347 e. The third-order valence-electron chi connectivity index (χ3n) is 3.80. The van der Waals surface area contributed by atoms with Crippen LogP contribution in [0.1, 0.15) is 33.1 Å². The number of hydrogen-bond donors (Lipinski definition) is 2. The van der Waals surface area contributed by atoms with Gasteiger partial charge in [0.2, 0.25) is 0 Å². The lowest BCUT2D eigenvalue weighted by molar-refractivity contribution is 0.0699. The molecule has 2 amide bonds. The molecule has 22 heavy (non-hydrogen) atoms. The van der Waals surface area contributed by atoms with Crippen LogP contribution in [0.2, 0.25) is 0 Å². The summed E-state index contributed by atoms with van der Waals surface area (Å²) >= 11 is 0. The minimum Gasteiger partial charge on any atom is -0.347 e. The molecule has 116 valence electrons. The van der Waals surface area contributed by atoms with Gasteiger partial charge in [0.25, 0.3) is 11.8 Å². The third kappa shape index (κ3) is 2.48. The van der Waals surface area contributed by atoms with Crippen LogP contribution in [-0.2, 0) is 20.1 Å². The van der Waals surface area contributed by atoms with Crippen molar-refractivity contribution in [2.24, 2.45) is 7.05 Å². The summed E-state index contributed by atoms with van der Waals surface area (Å²) in [6, 6.07) is 5.22. The van der Waals surface area contributed by atoms with Crippen molar-refractivity contribution >= 4 is 11.8 Å². The molecule has 0 aliphatic carbocycles. The maximum absolute atomic E-state index is 12.6. The van der Waals surface area contributed by atoms with Crippen LogP contribution in [0.5, 0.6) is 0 Å². The Bertz CT molecular complexity index is 718. The highest BCUT2D eigenvalue weighted by molar-refractivity contribution is 5.93. The van der Waals surface area contributed by atoms with Crippen LogP contribution in [0.4, 0.5) is 0 Å². The number of hydrogen-bond acceptors (Lipinski definition) is 4. The van der Waals surface area contributed by atoms with E-state index < -0.39 is 5.91 Å². The van der Waals surface area contributed by atoms with E-state index in [2.05, 4.69) is 5.10 Å². The van der Waals surface area contributed by atoms with Crippen molar-refractivity contribution < 1.29 is 14.8 Å². The van der Waals surface area contributed by atoms with Gasteiger partial charge in [-0.25, -0.2) is 5.48 Å². The Labute approximate surface area is 126 Å². The van der Waals surface area contributed by atoms with Gasteiger partial charge < -0.3 is 9.47 Å². The van der Waals surface area contributed by atoms with Crippen molar-refractivity contribution in [1.29, 1.82) is 0 Å². The molecule has 0 radical (unpaired) electrons. The summed E-state index contributed by atoms with van der Waals surface area (Å²) in [5.74, 6) is -0.698. The van der Waals surface area contributed by atoms with E-state index in [4.69, 9.17) is 5.21 Å². The van der Waals surface area contributed by atoms with E-state index in [0.717, 1.165) is 12.1 Å². The first-order valence-corrected chi connectivity index (χ1v) is 7.02. The molecule has 2 N–H and O–H groups in total. The van der Waals surface area contributed by atoms with Crippen LogP contribution in [0, 0.1) is 0 Å². The molecule has 8 heteroatoms. The molecular formula is C14H17N5O3. The maximum Gasteiger partial charge on any atom is 0.295 e. The molecule has 3 heterocycles.